The lowest BCUT2D eigenvalue weighted by Gasteiger charge is -2.39. The van der Waals surface area contributed by atoms with Crippen LogP contribution in [0.1, 0.15) is 36.5 Å². The van der Waals surface area contributed by atoms with Crippen molar-refractivity contribution >= 4 is 17.6 Å². The molecule has 2 fully saturated rings. The quantitative estimate of drug-likeness (QED) is 0.906. The number of likely N-dealkylation sites (tertiary alicyclic amines) is 1. The number of carbonyl (C=O) groups is 2. The summed E-state index contributed by atoms with van der Waals surface area (Å²) in [6.07, 6.45) is 5.27. The van der Waals surface area contributed by atoms with Crippen molar-refractivity contribution in [3.63, 3.8) is 0 Å². The van der Waals surface area contributed by atoms with Crippen LogP contribution in [0.4, 0.5) is 5.82 Å². The average molecular weight is 302 g/mol. The summed E-state index contributed by atoms with van der Waals surface area (Å²) in [5, 5.41) is 3.00. The van der Waals surface area contributed by atoms with E-state index in [1.54, 1.807) is 24.1 Å². The van der Waals surface area contributed by atoms with Gasteiger partial charge in [0, 0.05) is 39.3 Å². The Kier molecular flexibility index (Phi) is 4.27. The van der Waals surface area contributed by atoms with E-state index in [1.165, 1.54) is 6.42 Å². The molecule has 6 nitrogen and oxygen atoms in total. The number of anilines is 1. The van der Waals surface area contributed by atoms with Crippen molar-refractivity contribution in [2.75, 3.05) is 31.1 Å². The van der Waals surface area contributed by atoms with E-state index in [1.807, 2.05) is 6.07 Å². The maximum absolute atomic E-state index is 12.5. The molecule has 2 aliphatic heterocycles. The Labute approximate surface area is 130 Å². The highest BCUT2D eigenvalue weighted by atomic mass is 16.2. The summed E-state index contributed by atoms with van der Waals surface area (Å²) in [4.78, 5) is 32.0. The third kappa shape index (κ3) is 3.05. The molecule has 0 aliphatic carbocycles. The SMILES string of the molecule is CC(=O)N1CC(NC(=O)c2cccnc2N2CCCCC2)C1. The summed E-state index contributed by atoms with van der Waals surface area (Å²) in [5.74, 6) is 0.741. The van der Waals surface area contributed by atoms with Crippen LogP contribution >= 0.6 is 0 Å². The smallest absolute Gasteiger partial charge is 0.255 e. The van der Waals surface area contributed by atoms with Crippen LogP contribution in [0.3, 0.4) is 0 Å². The molecule has 0 saturated carbocycles. The normalized spacial score (nSPS) is 18.8. The highest BCUT2D eigenvalue weighted by Crippen LogP contribution is 2.22. The highest BCUT2D eigenvalue weighted by Gasteiger charge is 2.30. The van der Waals surface area contributed by atoms with Crippen LogP contribution in [0.5, 0.6) is 0 Å². The highest BCUT2D eigenvalue weighted by molar-refractivity contribution is 5.99. The number of amides is 2. The zero-order chi connectivity index (χ0) is 15.5. The van der Waals surface area contributed by atoms with E-state index in [-0.39, 0.29) is 17.9 Å². The number of nitrogens with zero attached hydrogens (tertiary/aromatic N) is 3. The predicted octanol–water partition coefficient (Wildman–Crippen LogP) is 1.03. The number of carbonyl (C=O) groups excluding carboxylic acids is 2. The fourth-order valence-corrected chi connectivity index (χ4v) is 3.02. The molecular weight excluding hydrogens is 280 g/mol. The van der Waals surface area contributed by atoms with Crippen molar-refractivity contribution in [3.05, 3.63) is 23.9 Å². The van der Waals surface area contributed by atoms with Gasteiger partial charge in [0.05, 0.1) is 11.6 Å². The standard InChI is InChI=1S/C16H22N4O2/c1-12(21)20-10-13(11-20)18-16(22)14-6-5-7-17-15(14)19-8-3-2-4-9-19/h5-7,13H,2-4,8-11H2,1H3,(H,18,22). The predicted molar refractivity (Wildman–Crippen MR) is 83.8 cm³/mol. The molecule has 0 radical (unpaired) electrons. The lowest BCUT2D eigenvalue weighted by Crippen LogP contribution is -2.60. The maximum Gasteiger partial charge on any atom is 0.255 e. The van der Waals surface area contributed by atoms with Crippen molar-refractivity contribution < 1.29 is 9.59 Å². The first kappa shape index (κ1) is 14.8. The second-order valence-corrected chi connectivity index (χ2v) is 6.02. The number of pyridine rings is 1. The van der Waals surface area contributed by atoms with E-state index in [0.717, 1.165) is 31.7 Å². The molecule has 0 aromatic carbocycles. The first-order chi connectivity index (χ1) is 10.6. The van der Waals surface area contributed by atoms with Crippen molar-refractivity contribution in [3.8, 4) is 0 Å². The molecule has 0 unspecified atom stereocenters. The van der Waals surface area contributed by atoms with Gasteiger partial charge in [0.15, 0.2) is 0 Å². The first-order valence-electron chi connectivity index (χ1n) is 7.91. The monoisotopic (exact) mass is 302 g/mol. The molecule has 1 aromatic heterocycles. The third-order valence-corrected chi connectivity index (χ3v) is 4.35. The van der Waals surface area contributed by atoms with Gasteiger partial charge in [-0.1, -0.05) is 0 Å². The minimum atomic E-state index is -0.0955. The molecule has 2 saturated heterocycles. The molecule has 1 N–H and O–H groups in total. The Morgan fingerprint density at radius 2 is 1.95 bits per heavy atom. The molecule has 2 aliphatic rings. The first-order valence-corrected chi connectivity index (χ1v) is 7.91. The van der Waals surface area contributed by atoms with Crippen molar-refractivity contribution in [2.45, 2.75) is 32.2 Å². The zero-order valence-corrected chi connectivity index (χ0v) is 12.9. The lowest BCUT2D eigenvalue weighted by molar-refractivity contribution is -0.133. The number of aromatic nitrogens is 1. The van der Waals surface area contributed by atoms with E-state index in [2.05, 4.69) is 15.2 Å². The van der Waals surface area contributed by atoms with Crippen LogP contribution in [-0.4, -0.2) is 53.9 Å². The molecule has 0 bridgehead atoms. The van der Waals surface area contributed by atoms with E-state index >= 15 is 0 Å². The van der Waals surface area contributed by atoms with Crippen LogP contribution < -0.4 is 10.2 Å². The molecular formula is C16H22N4O2. The molecule has 118 valence electrons. The summed E-state index contributed by atoms with van der Waals surface area (Å²) < 4.78 is 0. The minimum Gasteiger partial charge on any atom is -0.356 e. The topological polar surface area (TPSA) is 65.5 Å². The Balaban J connectivity index is 1.66. The van der Waals surface area contributed by atoms with Crippen LogP contribution in [0.25, 0.3) is 0 Å². The largest absolute Gasteiger partial charge is 0.356 e. The van der Waals surface area contributed by atoms with Gasteiger partial charge in [0.1, 0.15) is 5.82 Å². The Hall–Kier alpha value is -2.11. The van der Waals surface area contributed by atoms with Gasteiger partial charge in [0.25, 0.3) is 5.91 Å². The summed E-state index contributed by atoms with van der Waals surface area (Å²) in [7, 11) is 0. The number of nitrogens with one attached hydrogen (secondary N) is 1. The zero-order valence-electron chi connectivity index (χ0n) is 12.9. The van der Waals surface area contributed by atoms with E-state index < -0.39 is 0 Å². The molecule has 1 aromatic rings. The van der Waals surface area contributed by atoms with Crippen molar-refractivity contribution in [2.24, 2.45) is 0 Å². The van der Waals surface area contributed by atoms with Crippen LogP contribution in [-0.2, 0) is 4.79 Å². The molecule has 3 heterocycles. The van der Waals surface area contributed by atoms with E-state index in [9.17, 15) is 9.59 Å². The van der Waals surface area contributed by atoms with Gasteiger partial charge in [-0.05, 0) is 31.4 Å². The van der Waals surface area contributed by atoms with Gasteiger partial charge in [-0.15, -0.1) is 0 Å². The Bertz CT molecular complexity index is 563. The third-order valence-electron chi connectivity index (χ3n) is 4.35. The van der Waals surface area contributed by atoms with Crippen LogP contribution in [0.2, 0.25) is 0 Å². The number of piperidine rings is 1. The van der Waals surface area contributed by atoms with E-state index in [4.69, 9.17) is 0 Å². The van der Waals surface area contributed by atoms with Gasteiger partial charge in [-0.3, -0.25) is 9.59 Å². The van der Waals surface area contributed by atoms with Gasteiger partial charge < -0.3 is 15.1 Å². The molecule has 0 spiro atoms. The van der Waals surface area contributed by atoms with Gasteiger partial charge in [0.2, 0.25) is 5.91 Å². The summed E-state index contributed by atoms with van der Waals surface area (Å²) in [6, 6.07) is 3.67. The molecule has 6 heteroatoms. The van der Waals surface area contributed by atoms with Crippen molar-refractivity contribution in [1.29, 1.82) is 0 Å². The molecule has 2 amide bonds. The lowest BCUT2D eigenvalue weighted by atomic mass is 10.1. The fourth-order valence-electron chi connectivity index (χ4n) is 3.02. The number of hydrogen-bond acceptors (Lipinski definition) is 4. The number of rotatable bonds is 3. The van der Waals surface area contributed by atoms with Gasteiger partial charge in [-0.2, -0.15) is 0 Å². The molecule has 22 heavy (non-hydrogen) atoms. The van der Waals surface area contributed by atoms with Gasteiger partial charge >= 0.3 is 0 Å². The Morgan fingerprint density at radius 1 is 1.23 bits per heavy atom. The van der Waals surface area contributed by atoms with Crippen molar-refractivity contribution in [1.82, 2.24) is 15.2 Å². The molecule has 0 atom stereocenters. The van der Waals surface area contributed by atoms with Crippen LogP contribution in [0.15, 0.2) is 18.3 Å². The minimum absolute atomic E-state index is 0.0470. The van der Waals surface area contributed by atoms with E-state index in [0.29, 0.717) is 18.7 Å². The fraction of sp³-hybridized carbons (Fsp3) is 0.562. The second kappa shape index (κ2) is 6.34. The summed E-state index contributed by atoms with van der Waals surface area (Å²) in [5.41, 5.74) is 0.630. The summed E-state index contributed by atoms with van der Waals surface area (Å²) >= 11 is 0. The van der Waals surface area contributed by atoms with Crippen LogP contribution in [0, 0.1) is 0 Å². The number of hydrogen-bond donors (Lipinski definition) is 1. The Morgan fingerprint density at radius 3 is 2.64 bits per heavy atom. The average Bonchev–Trinajstić information content (AvgIpc) is 2.50. The molecule has 3 rings (SSSR count). The maximum atomic E-state index is 12.5. The summed E-state index contributed by atoms with van der Waals surface area (Å²) in [6.45, 7) is 4.66. The second-order valence-electron chi connectivity index (χ2n) is 6.02. The van der Waals surface area contributed by atoms with Gasteiger partial charge in [-0.25, -0.2) is 4.98 Å².